The van der Waals surface area contributed by atoms with Gasteiger partial charge in [-0.3, -0.25) is 0 Å². The number of ether oxygens (including phenoxy) is 1. The Labute approximate surface area is 204 Å². The third-order valence-corrected chi connectivity index (χ3v) is 6.24. The smallest absolute Gasteiger partial charge is 0.407 e. The molecule has 184 valence electrons. The van der Waals surface area contributed by atoms with Crippen LogP contribution < -0.4 is 10.6 Å². The molecule has 0 saturated heterocycles. The minimum atomic E-state index is -2.91. The standard InChI is InChI=1S/C28H30F2N2O3/c1-4-35-27(34)32-23-14-19-8-11-22(15-20(19)16-23)31-26(33)25-13-17(2)5-12-24(25)18-6-9-21(10-7-18)28(3,29)30/h5-13,15,23,26,31,33H,4,14,16H2,1-3H3,(H,32,34)/t23?,26-/m1/s1. The first-order chi connectivity index (χ1) is 16.6. The van der Waals surface area contributed by atoms with Crippen molar-refractivity contribution in [3.05, 3.63) is 88.5 Å². The van der Waals surface area contributed by atoms with Gasteiger partial charge in [-0.1, -0.05) is 54.1 Å². The van der Waals surface area contributed by atoms with Gasteiger partial charge in [0.1, 0.15) is 0 Å². The van der Waals surface area contributed by atoms with Gasteiger partial charge in [-0.15, -0.1) is 0 Å². The summed E-state index contributed by atoms with van der Waals surface area (Å²) in [6.45, 7) is 4.91. The highest BCUT2D eigenvalue weighted by atomic mass is 19.3. The van der Waals surface area contributed by atoms with Gasteiger partial charge in [-0.25, -0.2) is 13.6 Å². The van der Waals surface area contributed by atoms with Crippen molar-refractivity contribution in [1.82, 2.24) is 5.32 Å². The predicted octanol–water partition coefficient (Wildman–Crippen LogP) is 6.09. The molecule has 0 radical (unpaired) electrons. The summed E-state index contributed by atoms with van der Waals surface area (Å²) < 4.78 is 32.2. The van der Waals surface area contributed by atoms with Crippen molar-refractivity contribution in [2.75, 3.05) is 11.9 Å². The Morgan fingerprint density at radius 3 is 2.49 bits per heavy atom. The van der Waals surface area contributed by atoms with E-state index in [4.69, 9.17) is 4.74 Å². The van der Waals surface area contributed by atoms with Crippen molar-refractivity contribution in [3.63, 3.8) is 0 Å². The molecule has 3 aromatic carbocycles. The molecule has 0 heterocycles. The summed E-state index contributed by atoms with van der Waals surface area (Å²) in [6.07, 6.45) is -0.0118. The maximum absolute atomic E-state index is 13.6. The number of aliphatic hydroxyl groups is 1. The number of halogens is 2. The Balaban J connectivity index is 1.52. The largest absolute Gasteiger partial charge is 0.450 e. The molecule has 1 aliphatic carbocycles. The molecule has 0 fully saturated rings. The monoisotopic (exact) mass is 480 g/mol. The van der Waals surface area contributed by atoms with Crippen molar-refractivity contribution < 1.29 is 23.4 Å². The first-order valence-electron chi connectivity index (χ1n) is 11.7. The predicted molar refractivity (Wildman–Crippen MR) is 133 cm³/mol. The number of hydrogen-bond acceptors (Lipinski definition) is 4. The molecule has 5 nitrogen and oxygen atoms in total. The third-order valence-electron chi connectivity index (χ3n) is 6.24. The summed E-state index contributed by atoms with van der Waals surface area (Å²) in [7, 11) is 0. The highest BCUT2D eigenvalue weighted by Gasteiger charge is 2.25. The second-order valence-electron chi connectivity index (χ2n) is 9.06. The minimum absolute atomic E-state index is 0.0222. The topological polar surface area (TPSA) is 70.6 Å². The molecule has 0 spiro atoms. The molecular weight excluding hydrogens is 450 g/mol. The Bertz CT molecular complexity index is 1210. The van der Waals surface area contributed by atoms with E-state index in [0.717, 1.165) is 46.8 Å². The number of alkyl halides is 2. The lowest BCUT2D eigenvalue weighted by Gasteiger charge is -2.20. The van der Waals surface area contributed by atoms with E-state index in [9.17, 15) is 18.7 Å². The van der Waals surface area contributed by atoms with E-state index in [1.807, 2.05) is 43.3 Å². The number of fused-ring (bicyclic) bond motifs is 1. The van der Waals surface area contributed by atoms with Crippen LogP contribution in [-0.2, 0) is 23.5 Å². The number of aryl methyl sites for hydroxylation is 1. The van der Waals surface area contributed by atoms with E-state index >= 15 is 0 Å². The number of aliphatic hydroxyl groups excluding tert-OH is 1. The van der Waals surface area contributed by atoms with Gasteiger partial charge in [0.05, 0.1) is 6.61 Å². The number of amides is 1. The maximum Gasteiger partial charge on any atom is 0.407 e. The molecule has 0 aromatic heterocycles. The molecule has 0 aliphatic heterocycles. The van der Waals surface area contributed by atoms with Gasteiger partial charge in [0, 0.05) is 29.8 Å². The van der Waals surface area contributed by atoms with Crippen LogP contribution in [0, 0.1) is 6.92 Å². The lowest BCUT2D eigenvalue weighted by molar-refractivity contribution is 0.0175. The molecule has 1 unspecified atom stereocenters. The second kappa shape index (κ2) is 10.0. The summed E-state index contributed by atoms with van der Waals surface area (Å²) in [5, 5.41) is 17.1. The molecule has 0 saturated carbocycles. The number of nitrogens with one attached hydrogen (secondary N) is 2. The van der Waals surface area contributed by atoms with E-state index < -0.39 is 18.2 Å². The molecule has 1 aliphatic rings. The van der Waals surface area contributed by atoms with Crippen LogP contribution in [0.25, 0.3) is 11.1 Å². The summed E-state index contributed by atoms with van der Waals surface area (Å²) in [5.41, 5.74) is 6.09. The highest BCUT2D eigenvalue weighted by molar-refractivity contribution is 5.70. The van der Waals surface area contributed by atoms with Crippen LogP contribution in [0.5, 0.6) is 0 Å². The molecule has 3 aromatic rings. The lowest BCUT2D eigenvalue weighted by Crippen LogP contribution is -2.35. The Morgan fingerprint density at radius 1 is 1.09 bits per heavy atom. The van der Waals surface area contributed by atoms with E-state index in [1.165, 1.54) is 12.1 Å². The number of carbonyl (C=O) groups excluding carboxylic acids is 1. The molecule has 7 heteroatoms. The van der Waals surface area contributed by atoms with Crippen molar-refractivity contribution in [2.24, 2.45) is 0 Å². The summed E-state index contributed by atoms with van der Waals surface area (Å²) >= 11 is 0. The lowest BCUT2D eigenvalue weighted by atomic mass is 9.95. The van der Waals surface area contributed by atoms with Gasteiger partial charge < -0.3 is 20.5 Å². The van der Waals surface area contributed by atoms with Crippen molar-refractivity contribution in [2.45, 2.75) is 51.8 Å². The van der Waals surface area contributed by atoms with Crippen LogP contribution in [0.4, 0.5) is 19.3 Å². The molecule has 4 rings (SSSR count). The zero-order valence-corrected chi connectivity index (χ0v) is 20.1. The number of benzene rings is 3. The Hall–Kier alpha value is -3.45. The molecule has 2 atom stereocenters. The fourth-order valence-corrected chi connectivity index (χ4v) is 4.50. The summed E-state index contributed by atoms with van der Waals surface area (Å²) in [6, 6.07) is 17.7. The molecular formula is C28H30F2N2O3. The first-order valence-corrected chi connectivity index (χ1v) is 11.7. The van der Waals surface area contributed by atoms with Crippen LogP contribution in [0.3, 0.4) is 0 Å². The number of rotatable bonds is 7. The number of alkyl carbamates (subject to hydrolysis) is 1. The van der Waals surface area contributed by atoms with Crippen LogP contribution in [0.1, 0.15) is 47.9 Å². The van der Waals surface area contributed by atoms with E-state index in [-0.39, 0.29) is 11.6 Å². The zero-order chi connectivity index (χ0) is 25.2. The average molecular weight is 481 g/mol. The highest BCUT2D eigenvalue weighted by Crippen LogP contribution is 2.34. The Kier molecular flexibility index (Phi) is 7.08. The third kappa shape index (κ3) is 5.80. The number of anilines is 1. The quantitative estimate of drug-likeness (QED) is 0.358. The van der Waals surface area contributed by atoms with Gasteiger partial charge in [-0.05, 0) is 61.1 Å². The molecule has 3 N–H and O–H groups in total. The van der Waals surface area contributed by atoms with Crippen LogP contribution in [0.2, 0.25) is 0 Å². The van der Waals surface area contributed by atoms with Gasteiger partial charge in [-0.2, -0.15) is 0 Å². The van der Waals surface area contributed by atoms with Crippen molar-refractivity contribution >= 4 is 11.8 Å². The Morgan fingerprint density at radius 2 is 1.80 bits per heavy atom. The number of carbonyl (C=O) groups is 1. The fourth-order valence-electron chi connectivity index (χ4n) is 4.50. The SMILES string of the molecule is CCOC(=O)NC1Cc2ccc(N[C@H](O)c3cc(C)ccc3-c3ccc(C(C)(F)F)cc3)cc2C1. The van der Waals surface area contributed by atoms with Crippen molar-refractivity contribution in [1.29, 1.82) is 0 Å². The zero-order valence-electron chi connectivity index (χ0n) is 20.1. The minimum Gasteiger partial charge on any atom is -0.450 e. The first kappa shape index (κ1) is 24.7. The van der Waals surface area contributed by atoms with Crippen LogP contribution >= 0.6 is 0 Å². The second-order valence-corrected chi connectivity index (χ2v) is 9.06. The van der Waals surface area contributed by atoms with Crippen molar-refractivity contribution in [3.8, 4) is 11.1 Å². The van der Waals surface area contributed by atoms with E-state index in [1.54, 1.807) is 19.1 Å². The average Bonchev–Trinajstić information content (AvgIpc) is 3.20. The van der Waals surface area contributed by atoms with E-state index in [0.29, 0.717) is 18.6 Å². The molecule has 35 heavy (non-hydrogen) atoms. The summed E-state index contributed by atoms with van der Waals surface area (Å²) in [4.78, 5) is 11.7. The van der Waals surface area contributed by atoms with Gasteiger partial charge in [0.2, 0.25) is 0 Å². The van der Waals surface area contributed by atoms with E-state index in [2.05, 4.69) is 10.6 Å². The van der Waals surface area contributed by atoms with Gasteiger partial charge in [0.25, 0.3) is 5.92 Å². The fraction of sp³-hybridized carbons (Fsp3) is 0.321. The maximum atomic E-state index is 13.6. The molecule has 0 bridgehead atoms. The van der Waals surface area contributed by atoms with Crippen LogP contribution in [-0.4, -0.2) is 23.8 Å². The van der Waals surface area contributed by atoms with Gasteiger partial charge in [0.15, 0.2) is 6.23 Å². The van der Waals surface area contributed by atoms with Gasteiger partial charge >= 0.3 is 6.09 Å². The molecule has 1 amide bonds. The normalized spacial score (nSPS) is 15.9. The number of hydrogen-bond donors (Lipinski definition) is 3. The van der Waals surface area contributed by atoms with Crippen LogP contribution in [0.15, 0.2) is 60.7 Å². The summed E-state index contributed by atoms with van der Waals surface area (Å²) in [5.74, 6) is -2.91.